The number of sulfonamides is 1. The van der Waals surface area contributed by atoms with E-state index in [-0.39, 0.29) is 16.2 Å². The van der Waals surface area contributed by atoms with E-state index in [0.717, 1.165) is 19.3 Å². The summed E-state index contributed by atoms with van der Waals surface area (Å²) >= 11 is 5.70. The number of hydrogen-bond donors (Lipinski definition) is 0. The molecule has 0 aliphatic carbocycles. The van der Waals surface area contributed by atoms with Gasteiger partial charge in [-0.05, 0) is 25.2 Å². The summed E-state index contributed by atoms with van der Waals surface area (Å²) in [6.07, 6.45) is 2.89. The van der Waals surface area contributed by atoms with Crippen LogP contribution in [0.3, 0.4) is 0 Å². The topological polar surface area (TPSA) is 50.5 Å². The van der Waals surface area contributed by atoms with Gasteiger partial charge >= 0.3 is 0 Å². The Morgan fingerprint density at radius 1 is 1.40 bits per heavy atom. The quantitative estimate of drug-likeness (QED) is 0.798. The Bertz CT molecular complexity index is 571. The first-order chi connectivity index (χ1) is 9.32. The number of furan rings is 1. The minimum absolute atomic E-state index is 0.185. The van der Waals surface area contributed by atoms with Crippen LogP contribution < -0.4 is 0 Å². The van der Waals surface area contributed by atoms with Crippen LogP contribution in [0.25, 0.3) is 0 Å². The smallest absolute Gasteiger partial charge is 0.246 e. The molecule has 6 heteroatoms. The van der Waals surface area contributed by atoms with Crippen LogP contribution in [0.15, 0.2) is 15.4 Å². The fourth-order valence-corrected chi connectivity index (χ4v) is 4.36. The largest absolute Gasteiger partial charge is 0.464 e. The standard InChI is InChI=1S/C14H22ClNO3S/c1-4-14(3)5-7-16(8-6-14)20(17,18)13-9-12(10-15)19-11(13)2/h9H,4-8,10H2,1-3H3. The Kier molecular flexibility index (Phi) is 4.52. The molecular formula is C14H22ClNO3S. The fourth-order valence-electron chi connectivity index (χ4n) is 2.61. The van der Waals surface area contributed by atoms with Crippen LogP contribution in [0.1, 0.15) is 44.6 Å². The molecule has 0 unspecified atom stereocenters. The average molecular weight is 320 g/mol. The van der Waals surface area contributed by atoms with Gasteiger partial charge in [0.15, 0.2) is 0 Å². The van der Waals surface area contributed by atoms with Crippen LogP contribution in [0.5, 0.6) is 0 Å². The lowest BCUT2D eigenvalue weighted by Gasteiger charge is -2.38. The van der Waals surface area contributed by atoms with E-state index in [1.54, 1.807) is 17.3 Å². The second-order valence-electron chi connectivity index (χ2n) is 5.84. The Balaban J connectivity index is 2.21. The zero-order valence-corrected chi connectivity index (χ0v) is 13.9. The lowest BCUT2D eigenvalue weighted by atomic mass is 9.79. The van der Waals surface area contributed by atoms with Crippen molar-refractivity contribution >= 4 is 21.6 Å². The van der Waals surface area contributed by atoms with Crippen LogP contribution >= 0.6 is 11.6 Å². The molecule has 114 valence electrons. The summed E-state index contributed by atoms with van der Waals surface area (Å²) in [5.74, 6) is 1.10. The first kappa shape index (κ1) is 15.9. The van der Waals surface area contributed by atoms with Gasteiger partial charge in [0.1, 0.15) is 16.4 Å². The molecule has 1 fully saturated rings. The normalized spacial score (nSPS) is 20.2. The van der Waals surface area contributed by atoms with Crippen molar-refractivity contribution in [1.29, 1.82) is 0 Å². The number of rotatable bonds is 4. The summed E-state index contributed by atoms with van der Waals surface area (Å²) in [5, 5.41) is 0. The zero-order valence-electron chi connectivity index (χ0n) is 12.3. The molecule has 1 saturated heterocycles. The summed E-state index contributed by atoms with van der Waals surface area (Å²) in [4.78, 5) is 0.258. The van der Waals surface area contributed by atoms with E-state index in [9.17, 15) is 8.42 Å². The molecule has 1 aliphatic rings. The van der Waals surface area contributed by atoms with Crippen LogP contribution in [-0.2, 0) is 15.9 Å². The maximum atomic E-state index is 12.7. The molecule has 0 atom stereocenters. The predicted octanol–water partition coefficient (Wildman–Crippen LogP) is 3.53. The Morgan fingerprint density at radius 3 is 2.45 bits per heavy atom. The maximum Gasteiger partial charge on any atom is 0.246 e. The SMILES string of the molecule is CCC1(C)CCN(S(=O)(=O)c2cc(CCl)oc2C)CC1. The third-order valence-electron chi connectivity index (χ3n) is 4.46. The molecule has 2 rings (SSSR count). The molecule has 0 spiro atoms. The molecular weight excluding hydrogens is 298 g/mol. The molecule has 0 saturated carbocycles. The summed E-state index contributed by atoms with van der Waals surface area (Å²) in [6, 6.07) is 1.55. The van der Waals surface area contributed by atoms with Crippen LogP contribution in [0.4, 0.5) is 0 Å². The molecule has 1 aliphatic heterocycles. The third-order valence-corrected chi connectivity index (χ3v) is 6.73. The zero-order chi connectivity index (χ0) is 15.0. The van der Waals surface area contributed by atoms with Gasteiger partial charge in [-0.1, -0.05) is 20.3 Å². The Morgan fingerprint density at radius 2 is 2.00 bits per heavy atom. The summed E-state index contributed by atoms with van der Waals surface area (Å²) < 4.78 is 32.3. The number of alkyl halides is 1. The van der Waals surface area contributed by atoms with Gasteiger partial charge in [-0.15, -0.1) is 11.6 Å². The highest BCUT2D eigenvalue weighted by molar-refractivity contribution is 7.89. The van der Waals surface area contributed by atoms with Gasteiger partial charge in [0.05, 0.1) is 5.88 Å². The average Bonchev–Trinajstić information content (AvgIpc) is 2.81. The third kappa shape index (κ3) is 2.90. The van der Waals surface area contributed by atoms with E-state index in [0.29, 0.717) is 24.6 Å². The van der Waals surface area contributed by atoms with Crippen molar-refractivity contribution in [3.05, 3.63) is 17.6 Å². The molecule has 0 N–H and O–H groups in total. The van der Waals surface area contributed by atoms with Crippen LogP contribution in [0.2, 0.25) is 0 Å². The molecule has 0 bridgehead atoms. The van der Waals surface area contributed by atoms with Gasteiger partial charge in [0, 0.05) is 19.2 Å². The minimum atomic E-state index is -3.46. The first-order valence-corrected chi connectivity index (χ1v) is 8.95. The number of hydrogen-bond acceptors (Lipinski definition) is 3. The summed E-state index contributed by atoms with van der Waals surface area (Å²) in [7, 11) is -3.46. The van der Waals surface area contributed by atoms with Crippen molar-refractivity contribution in [3.63, 3.8) is 0 Å². The van der Waals surface area contributed by atoms with Crippen molar-refractivity contribution < 1.29 is 12.8 Å². The molecule has 1 aromatic heterocycles. The summed E-state index contributed by atoms with van der Waals surface area (Å²) in [6.45, 7) is 7.22. The highest BCUT2D eigenvalue weighted by Gasteiger charge is 2.35. The molecule has 4 nitrogen and oxygen atoms in total. The minimum Gasteiger partial charge on any atom is -0.464 e. The maximum absolute atomic E-state index is 12.7. The van der Waals surface area contributed by atoms with E-state index >= 15 is 0 Å². The highest BCUT2D eigenvalue weighted by atomic mass is 35.5. The Hall–Kier alpha value is -0.520. The van der Waals surface area contributed by atoms with Crippen molar-refractivity contribution in [3.8, 4) is 0 Å². The molecule has 20 heavy (non-hydrogen) atoms. The molecule has 0 radical (unpaired) electrons. The van der Waals surface area contributed by atoms with Gasteiger partial charge in [-0.25, -0.2) is 8.42 Å². The highest BCUT2D eigenvalue weighted by Crippen LogP contribution is 2.36. The van der Waals surface area contributed by atoms with E-state index in [1.165, 1.54) is 0 Å². The first-order valence-electron chi connectivity index (χ1n) is 6.98. The molecule has 2 heterocycles. The molecule has 1 aromatic rings. The van der Waals surface area contributed by atoms with Crippen molar-refractivity contribution in [2.24, 2.45) is 5.41 Å². The molecule has 0 amide bonds. The second kappa shape index (κ2) is 5.70. The van der Waals surface area contributed by atoms with Gasteiger partial charge in [0.2, 0.25) is 10.0 Å². The van der Waals surface area contributed by atoms with E-state index in [4.69, 9.17) is 16.0 Å². The second-order valence-corrected chi connectivity index (χ2v) is 8.01. The van der Waals surface area contributed by atoms with Crippen molar-refractivity contribution in [1.82, 2.24) is 4.31 Å². The predicted molar refractivity (Wildman–Crippen MR) is 79.4 cm³/mol. The van der Waals surface area contributed by atoms with E-state index in [1.807, 2.05) is 0 Å². The van der Waals surface area contributed by atoms with E-state index < -0.39 is 10.0 Å². The Labute approximate surface area is 126 Å². The van der Waals surface area contributed by atoms with Gasteiger partial charge in [0.25, 0.3) is 0 Å². The monoisotopic (exact) mass is 319 g/mol. The van der Waals surface area contributed by atoms with Crippen molar-refractivity contribution in [2.45, 2.75) is 50.8 Å². The van der Waals surface area contributed by atoms with Gasteiger partial charge in [-0.3, -0.25) is 0 Å². The van der Waals surface area contributed by atoms with E-state index in [2.05, 4.69) is 13.8 Å². The van der Waals surface area contributed by atoms with Gasteiger partial charge < -0.3 is 4.42 Å². The molecule has 0 aromatic carbocycles. The van der Waals surface area contributed by atoms with Crippen LogP contribution in [-0.4, -0.2) is 25.8 Å². The van der Waals surface area contributed by atoms with Gasteiger partial charge in [-0.2, -0.15) is 4.31 Å². The lowest BCUT2D eigenvalue weighted by molar-refractivity contribution is 0.169. The fraction of sp³-hybridized carbons (Fsp3) is 0.714. The summed E-state index contributed by atoms with van der Waals surface area (Å²) in [5.41, 5.74) is 0.263. The van der Waals surface area contributed by atoms with Crippen molar-refractivity contribution in [2.75, 3.05) is 13.1 Å². The number of piperidine rings is 1. The number of halogens is 1. The number of aryl methyl sites for hydroxylation is 1. The lowest BCUT2D eigenvalue weighted by Crippen LogP contribution is -2.41. The van der Waals surface area contributed by atoms with Crippen LogP contribution in [0, 0.1) is 12.3 Å². The number of nitrogens with zero attached hydrogens (tertiary/aromatic N) is 1.